The van der Waals surface area contributed by atoms with Crippen LogP contribution < -0.4 is 4.90 Å². The fraction of sp³-hybridized carbons (Fsp3) is 0.250. The van der Waals surface area contributed by atoms with E-state index in [9.17, 15) is 5.11 Å². The minimum atomic E-state index is -1.05. The molecule has 194 valence electrons. The van der Waals surface area contributed by atoms with Crippen molar-refractivity contribution in [2.45, 2.75) is 34.5 Å². The van der Waals surface area contributed by atoms with Gasteiger partial charge in [-0.05, 0) is 53.5 Å². The average molecular weight is 526 g/mol. The minimum absolute atomic E-state index is 0.285. The summed E-state index contributed by atoms with van der Waals surface area (Å²) in [5, 5.41) is 10.2. The third-order valence-corrected chi connectivity index (χ3v) is 9.19. The SMILES string of the molecule is BC1(B)OC(B)(B)C(B)(B)N(c2ccc3c(-c4cc(C(O)c5nccnc5C)ccc4F)ncnc3c2)C1(B)B. The second kappa shape index (κ2) is 9.55. The predicted octanol–water partition coefficient (Wildman–Crippen LogP) is -4.87. The molecule has 5 rings (SSSR count). The number of benzene rings is 2. The van der Waals surface area contributed by atoms with Crippen molar-refractivity contribution in [1.82, 2.24) is 19.9 Å². The Kier molecular flexibility index (Phi) is 6.82. The second-order valence-electron chi connectivity index (χ2n) is 12.7. The van der Waals surface area contributed by atoms with Gasteiger partial charge in [0.2, 0.25) is 0 Å². The first-order valence-electron chi connectivity index (χ1n) is 13.6. The highest BCUT2D eigenvalue weighted by Gasteiger charge is 2.58. The number of hydrogen-bond donors (Lipinski definition) is 1. The van der Waals surface area contributed by atoms with Gasteiger partial charge in [-0.1, -0.05) is 6.07 Å². The Morgan fingerprint density at radius 1 is 0.850 bits per heavy atom. The van der Waals surface area contributed by atoms with Gasteiger partial charge in [0, 0.05) is 39.8 Å². The molecule has 16 heteroatoms. The lowest BCUT2D eigenvalue weighted by molar-refractivity contribution is -0.0253. The topological polar surface area (TPSA) is 84.3 Å². The molecule has 1 unspecified atom stereocenters. The molecule has 7 nitrogen and oxygen atoms in total. The molecule has 0 saturated carbocycles. The van der Waals surface area contributed by atoms with E-state index >= 15 is 4.39 Å². The quantitative estimate of drug-likeness (QED) is 0.268. The van der Waals surface area contributed by atoms with Crippen molar-refractivity contribution >= 4 is 79.4 Å². The molecule has 2 aromatic heterocycles. The van der Waals surface area contributed by atoms with Crippen molar-refractivity contribution < 1.29 is 14.2 Å². The summed E-state index contributed by atoms with van der Waals surface area (Å²) < 4.78 is 21.9. The maximum atomic E-state index is 15.3. The van der Waals surface area contributed by atoms with Crippen LogP contribution in [0.4, 0.5) is 10.1 Å². The van der Waals surface area contributed by atoms with Crippen molar-refractivity contribution in [1.29, 1.82) is 0 Å². The molecule has 0 bridgehead atoms. The number of aryl methyl sites for hydroxylation is 1. The largest absolute Gasteiger partial charge is 0.402 e. The van der Waals surface area contributed by atoms with Gasteiger partial charge in [0.15, 0.2) is 0 Å². The normalized spacial score (nSPS) is 19.7. The molecule has 1 aliphatic rings. The molecule has 40 heavy (non-hydrogen) atoms. The monoisotopic (exact) mass is 527 g/mol. The molecule has 1 atom stereocenters. The van der Waals surface area contributed by atoms with Gasteiger partial charge in [0.05, 0.1) is 22.6 Å². The summed E-state index contributed by atoms with van der Waals surface area (Å²) in [5.74, 6) is -0.435. The summed E-state index contributed by atoms with van der Waals surface area (Å²) in [5.41, 5.74) is 3.99. The zero-order chi connectivity index (χ0) is 29.3. The first-order valence-corrected chi connectivity index (χ1v) is 13.6. The van der Waals surface area contributed by atoms with Gasteiger partial charge in [-0.15, -0.1) is 0 Å². The summed E-state index contributed by atoms with van der Waals surface area (Å²) in [6.07, 6.45) is 3.51. The number of aromatic nitrogens is 4. The van der Waals surface area contributed by atoms with Gasteiger partial charge in [0.25, 0.3) is 0 Å². The summed E-state index contributed by atoms with van der Waals surface area (Å²) in [6.45, 7) is 1.78. The highest BCUT2D eigenvalue weighted by molar-refractivity contribution is 6.61. The number of nitrogens with zero attached hydrogens (tertiary/aromatic N) is 5. The maximum Gasteiger partial charge on any atom is 0.133 e. The van der Waals surface area contributed by atoms with Crippen molar-refractivity contribution in [3.05, 3.63) is 77.9 Å². The Labute approximate surface area is 241 Å². The zero-order valence-electron chi connectivity index (χ0n) is 24.7. The van der Waals surface area contributed by atoms with Crippen LogP contribution in [0.25, 0.3) is 22.2 Å². The standard InChI is InChI=1S/C24H30B8FN5O2/c1-11-18(35-7-6-34-11)20(39)12-2-5-16(33)15(8-12)19-14-4-3-13(9-17(14)36-10-37-19)38-21(25,26)23(29,30)40-24(31,32)22(38,27)28/h2-10,20,39H,25-32H2,1H3. The third-order valence-electron chi connectivity index (χ3n) is 9.19. The molecule has 1 fully saturated rings. The number of ether oxygens (including phenoxy) is 1. The van der Waals surface area contributed by atoms with E-state index in [-0.39, 0.29) is 16.2 Å². The van der Waals surface area contributed by atoms with E-state index in [4.69, 9.17) is 4.74 Å². The van der Waals surface area contributed by atoms with Crippen molar-refractivity contribution in [3.63, 3.8) is 0 Å². The molecule has 4 aromatic rings. The molecule has 1 saturated heterocycles. The number of halogens is 1. The maximum absolute atomic E-state index is 15.3. The highest BCUT2D eigenvalue weighted by Crippen LogP contribution is 2.44. The number of morpholine rings is 1. The van der Waals surface area contributed by atoms with Crippen LogP contribution in [0.1, 0.15) is 23.1 Å². The summed E-state index contributed by atoms with van der Waals surface area (Å²) in [7, 11) is 17.3. The van der Waals surface area contributed by atoms with E-state index in [1.165, 1.54) is 18.6 Å². The zero-order valence-corrected chi connectivity index (χ0v) is 24.7. The van der Waals surface area contributed by atoms with Crippen LogP contribution in [0.15, 0.2) is 55.1 Å². The molecule has 0 aliphatic carbocycles. The lowest BCUT2D eigenvalue weighted by Crippen LogP contribution is -2.86. The van der Waals surface area contributed by atoms with E-state index in [1.54, 1.807) is 25.3 Å². The van der Waals surface area contributed by atoms with Gasteiger partial charge in [0.1, 0.15) is 81.0 Å². The first-order chi connectivity index (χ1) is 18.6. The molecule has 1 N–H and O–H groups in total. The van der Waals surface area contributed by atoms with Gasteiger partial charge < -0.3 is 14.7 Å². The summed E-state index contributed by atoms with van der Waals surface area (Å²) in [6, 6.07) is 10.6. The number of hydrogen-bond acceptors (Lipinski definition) is 7. The van der Waals surface area contributed by atoms with Crippen LogP contribution >= 0.6 is 0 Å². The smallest absolute Gasteiger partial charge is 0.133 e. The van der Waals surface area contributed by atoms with E-state index in [0.717, 1.165) is 11.1 Å². The van der Waals surface area contributed by atoms with Crippen LogP contribution in [0.5, 0.6) is 0 Å². The number of anilines is 1. The molecule has 0 amide bonds. The summed E-state index contributed by atoms with van der Waals surface area (Å²) >= 11 is 0. The lowest BCUT2D eigenvalue weighted by Gasteiger charge is -2.69. The van der Waals surface area contributed by atoms with Crippen LogP contribution in [-0.4, -0.2) is 109 Å². The van der Waals surface area contributed by atoms with Crippen LogP contribution in [0.2, 0.25) is 0 Å². The van der Waals surface area contributed by atoms with Gasteiger partial charge in [-0.2, -0.15) is 0 Å². The third kappa shape index (κ3) is 4.40. The van der Waals surface area contributed by atoms with Gasteiger partial charge >= 0.3 is 0 Å². The van der Waals surface area contributed by atoms with Crippen LogP contribution in [0.3, 0.4) is 0 Å². The van der Waals surface area contributed by atoms with E-state index in [0.29, 0.717) is 28.2 Å². The molecule has 0 spiro atoms. The lowest BCUT2D eigenvalue weighted by atomic mass is 9.30. The Bertz CT molecular complexity index is 1600. The Balaban J connectivity index is 1.62. The fourth-order valence-electron chi connectivity index (χ4n) is 5.91. The van der Waals surface area contributed by atoms with Crippen LogP contribution in [0, 0.1) is 12.7 Å². The number of rotatable bonds is 4. The first kappa shape index (κ1) is 28.6. The molecule has 3 heterocycles. The molecule has 0 radical (unpaired) electrons. The Morgan fingerprint density at radius 3 is 2.15 bits per heavy atom. The number of aliphatic hydroxyl groups is 1. The van der Waals surface area contributed by atoms with Crippen LogP contribution in [-0.2, 0) is 4.74 Å². The highest BCUT2D eigenvalue weighted by atomic mass is 19.1. The minimum Gasteiger partial charge on any atom is -0.402 e. The average Bonchev–Trinajstić information content (AvgIpc) is 2.87. The van der Waals surface area contributed by atoms with E-state index < -0.39 is 22.7 Å². The predicted molar refractivity (Wildman–Crippen MR) is 179 cm³/mol. The Morgan fingerprint density at radius 2 is 1.50 bits per heavy atom. The number of fused-ring (bicyclic) bond motifs is 1. The summed E-state index contributed by atoms with van der Waals surface area (Å²) in [4.78, 5) is 20.0. The van der Waals surface area contributed by atoms with Gasteiger partial charge in [-0.25, -0.2) is 14.4 Å². The van der Waals surface area contributed by atoms with Gasteiger partial charge in [-0.3, -0.25) is 9.97 Å². The molecular weight excluding hydrogens is 496 g/mol. The van der Waals surface area contributed by atoms with Crippen molar-refractivity contribution in [3.8, 4) is 11.3 Å². The van der Waals surface area contributed by atoms with Crippen molar-refractivity contribution in [2.24, 2.45) is 0 Å². The molecule has 2 aromatic carbocycles. The van der Waals surface area contributed by atoms with E-state index in [2.05, 4.69) is 93.7 Å². The number of aliphatic hydroxyl groups excluding tert-OH is 1. The Hall–Kier alpha value is -2.97. The van der Waals surface area contributed by atoms with E-state index in [1.807, 2.05) is 12.1 Å². The second-order valence-corrected chi connectivity index (χ2v) is 12.7. The van der Waals surface area contributed by atoms with Crippen molar-refractivity contribution in [2.75, 3.05) is 4.90 Å². The fourth-order valence-corrected chi connectivity index (χ4v) is 5.91. The molecule has 1 aliphatic heterocycles. The molecular formula is C24H30B8FN5O2.